The van der Waals surface area contributed by atoms with Gasteiger partial charge in [0, 0.05) is 18.6 Å². The SMILES string of the molecule is CC1CCN([C@@H]2CCCN(C(C)C)C2)CC1. The first-order chi connectivity index (χ1) is 7.66. The summed E-state index contributed by atoms with van der Waals surface area (Å²) in [5.74, 6) is 0.959. The average molecular weight is 224 g/mol. The lowest BCUT2D eigenvalue weighted by Gasteiger charge is -2.43. The van der Waals surface area contributed by atoms with Crippen molar-refractivity contribution in [2.24, 2.45) is 5.92 Å². The summed E-state index contributed by atoms with van der Waals surface area (Å²) in [6, 6.07) is 1.58. The quantitative estimate of drug-likeness (QED) is 0.711. The third-order valence-corrected chi connectivity index (χ3v) is 4.49. The molecule has 2 heteroatoms. The van der Waals surface area contributed by atoms with Crippen LogP contribution < -0.4 is 0 Å². The Morgan fingerprint density at radius 2 is 1.69 bits per heavy atom. The number of hydrogen-bond donors (Lipinski definition) is 0. The van der Waals surface area contributed by atoms with E-state index < -0.39 is 0 Å². The molecule has 0 aromatic rings. The molecule has 0 aliphatic carbocycles. The van der Waals surface area contributed by atoms with Crippen LogP contribution >= 0.6 is 0 Å². The fraction of sp³-hybridized carbons (Fsp3) is 1.00. The maximum absolute atomic E-state index is 2.76. The van der Waals surface area contributed by atoms with Crippen LogP contribution in [-0.4, -0.2) is 48.1 Å². The number of rotatable bonds is 2. The molecule has 0 spiro atoms. The molecule has 0 unspecified atom stereocenters. The molecule has 2 saturated heterocycles. The van der Waals surface area contributed by atoms with Gasteiger partial charge in [0.25, 0.3) is 0 Å². The van der Waals surface area contributed by atoms with Gasteiger partial charge in [0.15, 0.2) is 0 Å². The largest absolute Gasteiger partial charge is 0.299 e. The summed E-state index contributed by atoms with van der Waals surface area (Å²) in [5.41, 5.74) is 0. The van der Waals surface area contributed by atoms with Crippen LogP contribution in [0.4, 0.5) is 0 Å². The molecule has 94 valence electrons. The second kappa shape index (κ2) is 5.50. The number of nitrogens with zero attached hydrogens (tertiary/aromatic N) is 2. The highest BCUT2D eigenvalue weighted by molar-refractivity contribution is 4.84. The Labute approximate surface area is 101 Å². The first-order valence-corrected chi connectivity index (χ1v) is 7.15. The summed E-state index contributed by atoms with van der Waals surface area (Å²) in [5, 5.41) is 0. The molecule has 2 nitrogen and oxygen atoms in total. The lowest BCUT2D eigenvalue weighted by atomic mass is 9.95. The molecule has 2 aliphatic heterocycles. The Bertz CT molecular complexity index is 207. The third kappa shape index (κ3) is 2.98. The van der Waals surface area contributed by atoms with Crippen LogP contribution in [0.5, 0.6) is 0 Å². The van der Waals surface area contributed by atoms with Crippen LogP contribution in [0, 0.1) is 5.92 Å². The van der Waals surface area contributed by atoms with Gasteiger partial charge in [-0.15, -0.1) is 0 Å². The Kier molecular flexibility index (Phi) is 4.26. The molecule has 0 amide bonds. The summed E-state index contributed by atoms with van der Waals surface area (Å²) in [7, 11) is 0. The summed E-state index contributed by atoms with van der Waals surface area (Å²) in [4.78, 5) is 5.42. The van der Waals surface area contributed by atoms with E-state index in [0.29, 0.717) is 0 Å². The van der Waals surface area contributed by atoms with Crippen LogP contribution in [0.3, 0.4) is 0 Å². The van der Waals surface area contributed by atoms with Crippen LogP contribution in [-0.2, 0) is 0 Å². The molecule has 1 atom stereocenters. The molecule has 0 aromatic carbocycles. The normalized spacial score (nSPS) is 31.1. The molecule has 2 rings (SSSR count). The van der Waals surface area contributed by atoms with E-state index in [1.54, 1.807) is 0 Å². The molecule has 2 fully saturated rings. The minimum atomic E-state index is 0.728. The van der Waals surface area contributed by atoms with Crippen molar-refractivity contribution in [3.05, 3.63) is 0 Å². The zero-order valence-electron chi connectivity index (χ0n) is 11.3. The molecular formula is C14H28N2. The molecular weight excluding hydrogens is 196 g/mol. The van der Waals surface area contributed by atoms with Gasteiger partial charge in [-0.25, -0.2) is 0 Å². The van der Waals surface area contributed by atoms with Crippen molar-refractivity contribution in [2.75, 3.05) is 26.2 Å². The van der Waals surface area contributed by atoms with E-state index in [9.17, 15) is 0 Å². The Balaban J connectivity index is 1.84. The molecule has 2 aliphatic rings. The van der Waals surface area contributed by atoms with Crippen LogP contribution in [0.25, 0.3) is 0 Å². The first-order valence-electron chi connectivity index (χ1n) is 7.15. The van der Waals surface area contributed by atoms with Gasteiger partial charge in [-0.3, -0.25) is 9.80 Å². The second-order valence-electron chi connectivity index (χ2n) is 6.10. The van der Waals surface area contributed by atoms with Gasteiger partial charge in [-0.2, -0.15) is 0 Å². The van der Waals surface area contributed by atoms with Crippen molar-refractivity contribution in [3.8, 4) is 0 Å². The fourth-order valence-corrected chi connectivity index (χ4v) is 3.14. The van der Waals surface area contributed by atoms with E-state index in [1.165, 1.54) is 51.9 Å². The fourth-order valence-electron chi connectivity index (χ4n) is 3.14. The number of piperidine rings is 2. The zero-order chi connectivity index (χ0) is 11.5. The van der Waals surface area contributed by atoms with Crippen molar-refractivity contribution in [1.29, 1.82) is 0 Å². The summed E-state index contributed by atoms with van der Waals surface area (Å²) >= 11 is 0. The van der Waals surface area contributed by atoms with Crippen molar-refractivity contribution in [3.63, 3.8) is 0 Å². The lowest BCUT2D eigenvalue weighted by Crippen LogP contribution is -2.51. The van der Waals surface area contributed by atoms with Gasteiger partial charge in [-0.05, 0) is 65.1 Å². The van der Waals surface area contributed by atoms with Gasteiger partial charge < -0.3 is 0 Å². The van der Waals surface area contributed by atoms with E-state index in [4.69, 9.17) is 0 Å². The van der Waals surface area contributed by atoms with Crippen LogP contribution in [0.1, 0.15) is 46.5 Å². The maximum Gasteiger partial charge on any atom is 0.0223 e. The minimum absolute atomic E-state index is 0.728. The standard InChI is InChI=1S/C14H28N2/c1-12(2)16-8-4-5-14(11-16)15-9-6-13(3)7-10-15/h12-14H,4-11H2,1-3H3/t14-/m1/s1. The minimum Gasteiger partial charge on any atom is -0.299 e. The van der Waals surface area contributed by atoms with E-state index in [0.717, 1.165) is 18.0 Å². The highest BCUT2D eigenvalue weighted by Gasteiger charge is 2.28. The molecule has 0 aromatic heterocycles. The highest BCUT2D eigenvalue weighted by Crippen LogP contribution is 2.23. The van der Waals surface area contributed by atoms with Crippen molar-refractivity contribution >= 4 is 0 Å². The van der Waals surface area contributed by atoms with Crippen molar-refractivity contribution < 1.29 is 0 Å². The topological polar surface area (TPSA) is 6.48 Å². The smallest absolute Gasteiger partial charge is 0.0223 e. The van der Waals surface area contributed by atoms with Crippen LogP contribution in [0.15, 0.2) is 0 Å². The molecule has 16 heavy (non-hydrogen) atoms. The van der Waals surface area contributed by atoms with Gasteiger partial charge in [-0.1, -0.05) is 6.92 Å². The number of hydrogen-bond acceptors (Lipinski definition) is 2. The van der Waals surface area contributed by atoms with Gasteiger partial charge in [0.2, 0.25) is 0 Å². The maximum atomic E-state index is 2.76. The second-order valence-corrected chi connectivity index (χ2v) is 6.10. The summed E-state index contributed by atoms with van der Waals surface area (Å²) in [6.07, 6.45) is 5.66. The monoisotopic (exact) mass is 224 g/mol. The summed E-state index contributed by atoms with van der Waals surface area (Å²) in [6.45, 7) is 12.4. The van der Waals surface area contributed by atoms with E-state index in [1.807, 2.05) is 0 Å². The Hall–Kier alpha value is -0.0800. The summed E-state index contributed by atoms with van der Waals surface area (Å²) < 4.78 is 0. The molecule has 0 bridgehead atoms. The lowest BCUT2D eigenvalue weighted by molar-refractivity contribution is 0.0587. The highest BCUT2D eigenvalue weighted by atomic mass is 15.2. The predicted molar refractivity (Wildman–Crippen MR) is 69.7 cm³/mol. The van der Waals surface area contributed by atoms with Gasteiger partial charge in [0.05, 0.1) is 0 Å². The van der Waals surface area contributed by atoms with E-state index in [-0.39, 0.29) is 0 Å². The number of likely N-dealkylation sites (tertiary alicyclic amines) is 2. The van der Waals surface area contributed by atoms with Crippen molar-refractivity contribution in [2.45, 2.75) is 58.5 Å². The predicted octanol–water partition coefficient (Wildman–Crippen LogP) is 2.59. The van der Waals surface area contributed by atoms with E-state index >= 15 is 0 Å². The van der Waals surface area contributed by atoms with Gasteiger partial charge in [0.1, 0.15) is 0 Å². The molecule has 0 radical (unpaired) electrons. The van der Waals surface area contributed by atoms with Crippen molar-refractivity contribution in [1.82, 2.24) is 9.80 Å². The Morgan fingerprint density at radius 1 is 1.00 bits per heavy atom. The third-order valence-electron chi connectivity index (χ3n) is 4.49. The van der Waals surface area contributed by atoms with E-state index in [2.05, 4.69) is 30.6 Å². The molecule has 2 heterocycles. The average Bonchev–Trinajstić information content (AvgIpc) is 2.30. The molecule has 0 N–H and O–H groups in total. The zero-order valence-corrected chi connectivity index (χ0v) is 11.3. The van der Waals surface area contributed by atoms with Gasteiger partial charge >= 0.3 is 0 Å². The molecule has 0 saturated carbocycles. The Morgan fingerprint density at radius 3 is 2.31 bits per heavy atom. The first kappa shape index (κ1) is 12.4. The van der Waals surface area contributed by atoms with Crippen LogP contribution in [0.2, 0.25) is 0 Å².